The average molecular weight is 725 g/mol. The maximum absolute atomic E-state index is 15.6. The van der Waals surface area contributed by atoms with Crippen molar-refractivity contribution < 1.29 is 33.4 Å². The van der Waals surface area contributed by atoms with Gasteiger partial charge in [0.1, 0.15) is 18.8 Å². The van der Waals surface area contributed by atoms with Crippen LogP contribution in [-0.4, -0.2) is 39.3 Å². The van der Waals surface area contributed by atoms with Crippen LogP contribution in [0.25, 0.3) is 0 Å². The highest BCUT2D eigenvalue weighted by Crippen LogP contribution is 2.40. The number of rotatable bonds is 15. The molecule has 2 atom stereocenters. The topological polar surface area (TPSA) is 114 Å². The van der Waals surface area contributed by atoms with Crippen LogP contribution in [-0.2, 0) is 45.4 Å². The molecule has 5 aromatic carbocycles. The van der Waals surface area contributed by atoms with Gasteiger partial charge in [0.2, 0.25) is 11.8 Å². The van der Waals surface area contributed by atoms with Crippen LogP contribution in [0.2, 0.25) is 0 Å². The van der Waals surface area contributed by atoms with Crippen molar-refractivity contribution in [3.05, 3.63) is 191 Å². The molecule has 0 saturated heterocycles. The Morgan fingerprint density at radius 3 is 1.57 bits per heavy atom. The van der Waals surface area contributed by atoms with Gasteiger partial charge in [0.25, 0.3) is 0 Å². The number of amides is 3. The largest absolute Gasteiger partial charge is 0.481 e. The van der Waals surface area contributed by atoms with E-state index < -0.39 is 29.9 Å². The van der Waals surface area contributed by atoms with Crippen LogP contribution >= 0.6 is 0 Å². The van der Waals surface area contributed by atoms with Crippen molar-refractivity contribution in [3.63, 3.8) is 0 Å². The predicted molar refractivity (Wildman–Crippen MR) is 206 cm³/mol. The summed E-state index contributed by atoms with van der Waals surface area (Å²) in [5, 5.41) is 15.6. The minimum atomic E-state index is -1.76. The molecule has 1 aliphatic heterocycles. The number of benzene rings is 5. The number of carbonyl (C=O) groups excluding carboxylic acids is 2. The van der Waals surface area contributed by atoms with Crippen molar-refractivity contribution in [1.29, 1.82) is 0 Å². The molecular formula is C45H46N3O6+. The first-order chi connectivity index (χ1) is 26.2. The molecule has 3 amide bonds. The number of nitrogens with one attached hydrogen (secondary N) is 2. The minimum absolute atomic E-state index is 0.0782. The van der Waals surface area contributed by atoms with Gasteiger partial charge in [-0.2, -0.15) is 0 Å². The lowest BCUT2D eigenvalue weighted by atomic mass is 9.93. The van der Waals surface area contributed by atoms with E-state index in [-0.39, 0.29) is 30.0 Å². The summed E-state index contributed by atoms with van der Waals surface area (Å²) < 4.78 is 13.3. The second kappa shape index (κ2) is 17.3. The quantitative estimate of drug-likeness (QED) is 0.0746. The molecule has 0 radical (unpaired) electrons. The van der Waals surface area contributed by atoms with Gasteiger partial charge in [0, 0.05) is 24.1 Å². The first kappa shape index (κ1) is 37.9. The molecule has 0 saturated carbocycles. The normalized spacial score (nSPS) is 16.5. The van der Waals surface area contributed by atoms with Crippen LogP contribution in [0.15, 0.2) is 157 Å². The van der Waals surface area contributed by atoms with Gasteiger partial charge in [-0.1, -0.05) is 151 Å². The molecule has 5 aromatic rings. The van der Waals surface area contributed by atoms with Gasteiger partial charge >= 0.3 is 17.9 Å². The van der Waals surface area contributed by atoms with Gasteiger partial charge in [-0.3, -0.25) is 4.79 Å². The number of aliphatic carboxylic acids is 1. The number of aryl methyl sites for hydroxylation is 1. The molecule has 1 heterocycles. The van der Waals surface area contributed by atoms with E-state index in [4.69, 9.17) is 9.47 Å². The van der Waals surface area contributed by atoms with Gasteiger partial charge in [0.15, 0.2) is 0 Å². The average Bonchev–Trinajstić information content (AvgIpc) is 3.18. The van der Waals surface area contributed by atoms with E-state index in [0.29, 0.717) is 24.4 Å². The molecule has 9 nitrogen and oxygen atoms in total. The number of hydrogen-bond acceptors (Lipinski definition) is 5. The molecule has 0 fully saturated rings. The number of carbonyl (C=O) groups is 3. The standard InChI is InChI=1S/C45H45N3O6/c1-33-23-25-39(26-24-33)40(27-41(49)50)46-44(52)47-42-43(51)48(29-35-15-7-3-8-16-35,30-36-17-9-4-10-18-36)34(2)28-45(42,53-31-37-19-11-5-12-20-37)54-32-38-21-13-6-14-22-38/h3-26,28,40,42H,27,29-32H2,1-2H3,(H2-,46,47,49,50,52)/p+1/t40-,42?/m0/s1. The molecule has 0 aromatic heterocycles. The summed E-state index contributed by atoms with van der Waals surface area (Å²) in [5.74, 6) is -3.18. The molecule has 276 valence electrons. The van der Waals surface area contributed by atoms with Gasteiger partial charge in [-0.25, -0.2) is 14.1 Å². The number of quaternary nitrogens is 1. The second-order valence-electron chi connectivity index (χ2n) is 13.8. The van der Waals surface area contributed by atoms with Gasteiger partial charge < -0.3 is 25.2 Å². The van der Waals surface area contributed by atoms with E-state index >= 15 is 4.79 Å². The van der Waals surface area contributed by atoms with E-state index in [2.05, 4.69) is 10.6 Å². The number of hydrogen-bond donors (Lipinski definition) is 3. The van der Waals surface area contributed by atoms with Gasteiger partial charge in [-0.05, 0) is 23.6 Å². The summed E-state index contributed by atoms with van der Waals surface area (Å²) in [6.45, 7) is 4.60. The predicted octanol–water partition coefficient (Wildman–Crippen LogP) is 7.97. The van der Waals surface area contributed by atoms with Crippen LogP contribution in [0.4, 0.5) is 4.79 Å². The summed E-state index contributed by atoms with van der Waals surface area (Å²) in [6, 6.07) is 43.0. The summed E-state index contributed by atoms with van der Waals surface area (Å²) in [5.41, 5.74) is 5.87. The lowest BCUT2D eigenvalue weighted by Crippen LogP contribution is -2.70. The minimum Gasteiger partial charge on any atom is -0.481 e. The van der Waals surface area contributed by atoms with Crippen LogP contribution in [0, 0.1) is 6.92 Å². The summed E-state index contributed by atoms with van der Waals surface area (Å²) >= 11 is 0. The SMILES string of the molecule is CC1=CC(OCc2ccccc2)(OCc2ccccc2)C(NC(=O)N[C@@H](CC(=O)O)c2ccc(C)cc2)C(=O)[N+]1(Cc1ccccc1)Cc1ccccc1. The Kier molecular flexibility index (Phi) is 12.1. The van der Waals surface area contributed by atoms with Crippen LogP contribution in [0.1, 0.15) is 52.8 Å². The van der Waals surface area contributed by atoms with Crippen LogP contribution < -0.4 is 10.6 Å². The Labute approximate surface area is 316 Å². The number of carboxylic acids is 1. The highest BCUT2D eigenvalue weighted by atomic mass is 16.7. The fraction of sp³-hybridized carbons (Fsp3) is 0.222. The van der Waals surface area contributed by atoms with Crippen molar-refractivity contribution in [1.82, 2.24) is 10.6 Å². The molecule has 3 N–H and O–H groups in total. The Bertz CT molecular complexity index is 1950. The molecule has 6 rings (SSSR count). The van der Waals surface area contributed by atoms with Crippen molar-refractivity contribution in [2.75, 3.05) is 0 Å². The van der Waals surface area contributed by atoms with Crippen molar-refractivity contribution >= 4 is 17.9 Å². The van der Waals surface area contributed by atoms with E-state index in [1.165, 1.54) is 0 Å². The highest BCUT2D eigenvalue weighted by Gasteiger charge is 2.59. The van der Waals surface area contributed by atoms with Gasteiger partial charge in [0.05, 0.1) is 25.7 Å². The fourth-order valence-corrected chi connectivity index (χ4v) is 6.89. The number of allylic oxidation sites excluding steroid dienone is 1. The van der Waals surface area contributed by atoms with Gasteiger partial charge in [-0.15, -0.1) is 0 Å². The first-order valence-corrected chi connectivity index (χ1v) is 18.1. The summed E-state index contributed by atoms with van der Waals surface area (Å²) in [4.78, 5) is 41.9. The van der Waals surface area contributed by atoms with E-state index in [1.54, 1.807) is 12.1 Å². The third-order valence-electron chi connectivity index (χ3n) is 9.80. The number of nitrogens with zero attached hydrogens (tertiary/aromatic N) is 1. The molecule has 1 unspecified atom stereocenters. The first-order valence-electron chi connectivity index (χ1n) is 18.1. The smallest absolute Gasteiger partial charge is 0.347 e. The maximum Gasteiger partial charge on any atom is 0.347 e. The Balaban J connectivity index is 1.46. The molecule has 0 spiro atoms. The highest BCUT2D eigenvalue weighted by molar-refractivity contribution is 5.86. The Morgan fingerprint density at radius 1 is 0.685 bits per heavy atom. The molecule has 9 heteroatoms. The third kappa shape index (κ3) is 9.19. The Hall–Kier alpha value is -5.87. The van der Waals surface area contributed by atoms with Crippen molar-refractivity contribution in [3.8, 4) is 0 Å². The molecule has 0 aliphatic carbocycles. The van der Waals surface area contributed by atoms with Crippen molar-refractivity contribution in [2.24, 2.45) is 0 Å². The van der Waals surface area contributed by atoms with Crippen LogP contribution in [0.3, 0.4) is 0 Å². The maximum atomic E-state index is 15.6. The van der Waals surface area contributed by atoms with E-state index in [0.717, 1.165) is 27.8 Å². The van der Waals surface area contributed by atoms with Crippen molar-refractivity contribution in [2.45, 2.75) is 64.4 Å². The molecule has 1 aliphatic rings. The Morgan fingerprint density at radius 2 is 1.13 bits per heavy atom. The van der Waals surface area contributed by atoms with E-state index in [1.807, 2.05) is 153 Å². The number of ether oxygens (including phenoxy) is 2. The number of urea groups is 1. The number of carboxylic acid groups (broad SMARTS) is 1. The lowest BCUT2D eigenvalue weighted by Gasteiger charge is -2.47. The molecular weight excluding hydrogens is 679 g/mol. The molecule has 0 bridgehead atoms. The fourth-order valence-electron chi connectivity index (χ4n) is 6.89. The zero-order valence-corrected chi connectivity index (χ0v) is 30.6. The summed E-state index contributed by atoms with van der Waals surface area (Å²) in [6.07, 6.45) is 1.47. The third-order valence-corrected chi connectivity index (χ3v) is 9.80. The second-order valence-corrected chi connectivity index (χ2v) is 13.8. The summed E-state index contributed by atoms with van der Waals surface area (Å²) in [7, 11) is 0. The van der Waals surface area contributed by atoms with Crippen LogP contribution in [0.5, 0.6) is 0 Å². The zero-order chi connectivity index (χ0) is 38.0. The zero-order valence-electron chi connectivity index (χ0n) is 30.6. The lowest BCUT2D eigenvalue weighted by molar-refractivity contribution is -0.847. The van der Waals surface area contributed by atoms with E-state index in [9.17, 15) is 14.7 Å². The monoisotopic (exact) mass is 724 g/mol. The molecule has 54 heavy (non-hydrogen) atoms.